The van der Waals surface area contributed by atoms with E-state index in [2.05, 4.69) is 0 Å². The third-order valence-corrected chi connectivity index (χ3v) is 6.51. The number of carbonyl (C=O) groups is 3. The lowest BCUT2D eigenvalue weighted by molar-refractivity contribution is -0.147. The van der Waals surface area contributed by atoms with Crippen molar-refractivity contribution in [2.75, 3.05) is 18.0 Å². The second kappa shape index (κ2) is 11.1. The van der Waals surface area contributed by atoms with E-state index in [4.69, 9.17) is 27.9 Å². The molecule has 3 aromatic rings. The average Bonchev–Trinajstić information content (AvgIpc) is 2.94. The smallest absolute Gasteiger partial charge is 0.323 e. The Hall–Kier alpha value is -3.39. The Morgan fingerprint density at radius 2 is 1.69 bits per heavy atom. The van der Waals surface area contributed by atoms with Crippen LogP contribution in [-0.4, -0.2) is 47.0 Å². The number of carboxylic acid groups (broad SMARTS) is 1. The molecule has 36 heavy (non-hydrogen) atoms. The van der Waals surface area contributed by atoms with Gasteiger partial charge in [0, 0.05) is 28.1 Å². The van der Waals surface area contributed by atoms with Gasteiger partial charge >= 0.3 is 5.97 Å². The average molecular weight is 527 g/mol. The minimum absolute atomic E-state index is 0.239. The fourth-order valence-electron chi connectivity index (χ4n) is 4.22. The summed E-state index contributed by atoms with van der Waals surface area (Å²) < 4.78 is 6.38. The van der Waals surface area contributed by atoms with Gasteiger partial charge in [0.05, 0.1) is 18.8 Å². The van der Waals surface area contributed by atoms with Crippen molar-refractivity contribution in [3.63, 3.8) is 0 Å². The van der Waals surface area contributed by atoms with Crippen LogP contribution in [-0.2, 0) is 25.7 Å². The Morgan fingerprint density at radius 1 is 1.00 bits per heavy atom. The van der Waals surface area contributed by atoms with Gasteiger partial charge in [0.2, 0.25) is 5.91 Å². The summed E-state index contributed by atoms with van der Waals surface area (Å²) in [7, 11) is 0. The molecule has 7 nitrogen and oxygen atoms in total. The molecule has 9 heteroatoms. The van der Waals surface area contributed by atoms with Crippen molar-refractivity contribution >= 4 is 46.7 Å². The third-order valence-electron chi connectivity index (χ3n) is 5.93. The third kappa shape index (κ3) is 5.70. The summed E-state index contributed by atoms with van der Waals surface area (Å²) in [6, 6.07) is 21.8. The molecular weight excluding hydrogens is 503 g/mol. The minimum Gasteiger partial charge on any atom is -0.480 e. The molecule has 2 amide bonds. The predicted molar refractivity (Wildman–Crippen MR) is 137 cm³/mol. The van der Waals surface area contributed by atoms with E-state index in [1.807, 2.05) is 36.4 Å². The summed E-state index contributed by atoms with van der Waals surface area (Å²) in [6.45, 7) is 0.694. The zero-order valence-electron chi connectivity index (χ0n) is 19.4. The molecule has 0 saturated heterocycles. The van der Waals surface area contributed by atoms with Crippen LogP contribution in [0.3, 0.4) is 0 Å². The van der Waals surface area contributed by atoms with Crippen molar-refractivity contribution in [2.24, 2.45) is 0 Å². The van der Waals surface area contributed by atoms with E-state index < -0.39 is 36.5 Å². The van der Waals surface area contributed by atoms with Crippen LogP contribution in [0.4, 0.5) is 5.69 Å². The summed E-state index contributed by atoms with van der Waals surface area (Å²) in [6.07, 6.45) is -1.95. The first-order valence-electron chi connectivity index (χ1n) is 11.3. The number of rotatable bonds is 7. The van der Waals surface area contributed by atoms with Crippen LogP contribution >= 0.6 is 23.2 Å². The number of aliphatic carboxylic acids is 1. The maximum atomic E-state index is 14.0. The standard InChI is InChI=1S/C27H24Cl2N2O5/c1-17(32)30(16-25(33)34)15-24-27(35)31(14-18-7-3-2-4-8-18)23-12-11-19(28)13-21(23)26(36-24)20-9-5-6-10-22(20)29/h2-13,24,26H,14-16H2,1H3,(H,33,34). The van der Waals surface area contributed by atoms with Crippen LogP contribution in [0.2, 0.25) is 10.0 Å². The fraction of sp³-hybridized carbons (Fsp3) is 0.222. The van der Waals surface area contributed by atoms with Gasteiger partial charge < -0.3 is 19.6 Å². The molecule has 4 rings (SSSR count). The lowest BCUT2D eigenvalue weighted by Crippen LogP contribution is -2.48. The van der Waals surface area contributed by atoms with Gasteiger partial charge in [0.1, 0.15) is 12.6 Å². The number of hydrogen-bond donors (Lipinski definition) is 1. The van der Waals surface area contributed by atoms with Gasteiger partial charge in [-0.2, -0.15) is 0 Å². The molecule has 1 aliphatic rings. The van der Waals surface area contributed by atoms with Crippen LogP contribution in [0, 0.1) is 0 Å². The maximum Gasteiger partial charge on any atom is 0.323 e. The highest BCUT2D eigenvalue weighted by molar-refractivity contribution is 6.31. The number of amides is 2. The molecule has 2 unspecified atom stereocenters. The zero-order chi connectivity index (χ0) is 25.8. The van der Waals surface area contributed by atoms with Gasteiger partial charge in [0.25, 0.3) is 5.91 Å². The summed E-state index contributed by atoms with van der Waals surface area (Å²) in [5, 5.41) is 10.2. The first-order chi connectivity index (χ1) is 17.2. The van der Waals surface area contributed by atoms with E-state index in [1.165, 1.54) is 6.92 Å². The molecule has 2 atom stereocenters. The molecular formula is C27H24Cl2N2O5. The summed E-state index contributed by atoms with van der Waals surface area (Å²) >= 11 is 12.9. The number of carboxylic acids is 1. The van der Waals surface area contributed by atoms with E-state index in [9.17, 15) is 19.5 Å². The normalized spacial score (nSPS) is 17.3. The second-order valence-corrected chi connectivity index (χ2v) is 9.28. The number of anilines is 1. The van der Waals surface area contributed by atoms with Crippen LogP contribution in [0.25, 0.3) is 0 Å². The number of hydrogen-bond acceptors (Lipinski definition) is 4. The van der Waals surface area contributed by atoms with Crippen LogP contribution in [0.5, 0.6) is 0 Å². The van der Waals surface area contributed by atoms with Gasteiger partial charge in [-0.25, -0.2) is 0 Å². The highest BCUT2D eigenvalue weighted by Gasteiger charge is 2.38. The topological polar surface area (TPSA) is 87.2 Å². The van der Waals surface area contributed by atoms with E-state index in [1.54, 1.807) is 41.3 Å². The summed E-state index contributed by atoms with van der Waals surface area (Å²) in [5.74, 6) is -2.08. The van der Waals surface area contributed by atoms with Gasteiger partial charge in [-0.1, -0.05) is 71.7 Å². The number of halogens is 2. The maximum absolute atomic E-state index is 14.0. The van der Waals surface area contributed by atoms with E-state index in [0.717, 1.165) is 10.5 Å². The first-order valence-corrected chi connectivity index (χ1v) is 12.0. The van der Waals surface area contributed by atoms with Crippen molar-refractivity contribution in [3.05, 3.63) is 99.5 Å². The summed E-state index contributed by atoms with van der Waals surface area (Å²) in [4.78, 5) is 40.2. The lowest BCUT2D eigenvalue weighted by atomic mass is 9.99. The van der Waals surface area contributed by atoms with E-state index >= 15 is 0 Å². The number of fused-ring (bicyclic) bond motifs is 1. The Balaban J connectivity index is 1.85. The molecule has 0 radical (unpaired) electrons. The number of benzene rings is 3. The predicted octanol–water partition coefficient (Wildman–Crippen LogP) is 4.95. The molecule has 0 aliphatic carbocycles. The molecule has 0 aromatic heterocycles. The molecule has 0 saturated carbocycles. The van der Waals surface area contributed by atoms with E-state index in [0.29, 0.717) is 26.9 Å². The van der Waals surface area contributed by atoms with Crippen LogP contribution in [0.15, 0.2) is 72.8 Å². The second-order valence-electron chi connectivity index (χ2n) is 8.43. The SMILES string of the molecule is CC(=O)N(CC(=O)O)CC1OC(c2ccccc2Cl)c2cc(Cl)ccc2N(Cc2ccccc2)C1=O. The van der Waals surface area contributed by atoms with Crippen molar-refractivity contribution in [1.82, 2.24) is 4.90 Å². The van der Waals surface area contributed by atoms with Gasteiger partial charge in [0.15, 0.2) is 6.10 Å². The molecule has 1 heterocycles. The molecule has 0 spiro atoms. The van der Waals surface area contributed by atoms with Crippen LogP contribution < -0.4 is 4.90 Å². The highest BCUT2D eigenvalue weighted by Crippen LogP contribution is 2.42. The number of carbonyl (C=O) groups excluding carboxylic acids is 2. The molecule has 0 bridgehead atoms. The van der Waals surface area contributed by atoms with Gasteiger partial charge in [-0.15, -0.1) is 0 Å². The summed E-state index contributed by atoms with van der Waals surface area (Å²) in [5.41, 5.74) is 2.73. The zero-order valence-corrected chi connectivity index (χ0v) is 20.9. The van der Waals surface area contributed by atoms with Crippen molar-refractivity contribution in [3.8, 4) is 0 Å². The Bertz CT molecular complexity index is 1280. The Labute approximate surface area is 218 Å². The monoisotopic (exact) mass is 526 g/mol. The Kier molecular flexibility index (Phi) is 7.94. The number of nitrogens with zero attached hydrogens (tertiary/aromatic N) is 2. The van der Waals surface area contributed by atoms with E-state index in [-0.39, 0.29) is 13.1 Å². The van der Waals surface area contributed by atoms with Gasteiger partial charge in [-0.05, 0) is 29.8 Å². The molecule has 0 fully saturated rings. The lowest BCUT2D eigenvalue weighted by Gasteiger charge is -2.28. The molecule has 186 valence electrons. The molecule has 1 aliphatic heterocycles. The van der Waals surface area contributed by atoms with Crippen molar-refractivity contribution in [1.29, 1.82) is 0 Å². The van der Waals surface area contributed by atoms with Crippen molar-refractivity contribution in [2.45, 2.75) is 25.7 Å². The Morgan fingerprint density at radius 3 is 2.36 bits per heavy atom. The number of ether oxygens (including phenoxy) is 1. The quantitative estimate of drug-likeness (QED) is 0.470. The fourth-order valence-corrected chi connectivity index (χ4v) is 4.63. The minimum atomic E-state index is -1.19. The molecule has 1 N–H and O–H groups in total. The highest BCUT2D eigenvalue weighted by atomic mass is 35.5. The largest absolute Gasteiger partial charge is 0.480 e. The van der Waals surface area contributed by atoms with Crippen molar-refractivity contribution < 1.29 is 24.2 Å². The first kappa shape index (κ1) is 25.7. The molecule has 3 aromatic carbocycles. The van der Waals surface area contributed by atoms with Gasteiger partial charge in [-0.3, -0.25) is 14.4 Å². The van der Waals surface area contributed by atoms with Crippen LogP contribution in [0.1, 0.15) is 29.7 Å².